The van der Waals surface area contributed by atoms with Gasteiger partial charge in [-0.3, -0.25) is 9.59 Å². The third-order valence-corrected chi connectivity index (χ3v) is 4.47. The molecule has 2 heterocycles. The number of nitrogens with zero attached hydrogens (tertiary/aromatic N) is 3. The number of carbonyl (C=O) groups is 2. The molecule has 0 aliphatic rings. The van der Waals surface area contributed by atoms with Gasteiger partial charge in [-0.05, 0) is 26.3 Å². The van der Waals surface area contributed by atoms with E-state index in [9.17, 15) is 14.4 Å². The molecule has 0 bridgehead atoms. The molecular weight excluding hydrogens is 362 g/mol. The van der Waals surface area contributed by atoms with E-state index >= 15 is 0 Å². The SMILES string of the molecule is CC[C@@H](C)n1nccc1NC(=O)[C@@H](C)OC(=O)c1n[nH]c(=O)c2ccccc12. The fourth-order valence-electron chi connectivity index (χ4n) is 2.71. The van der Waals surface area contributed by atoms with Crippen LogP contribution in [0.25, 0.3) is 10.8 Å². The summed E-state index contributed by atoms with van der Waals surface area (Å²) in [6, 6.07) is 8.34. The monoisotopic (exact) mass is 383 g/mol. The van der Waals surface area contributed by atoms with E-state index in [1.165, 1.54) is 6.92 Å². The van der Waals surface area contributed by atoms with Crippen LogP contribution in [0.2, 0.25) is 0 Å². The second-order valence-corrected chi connectivity index (χ2v) is 6.40. The van der Waals surface area contributed by atoms with E-state index in [0.29, 0.717) is 16.6 Å². The van der Waals surface area contributed by atoms with Crippen molar-refractivity contribution >= 4 is 28.5 Å². The molecule has 0 aliphatic heterocycles. The first-order chi connectivity index (χ1) is 13.4. The topological polar surface area (TPSA) is 119 Å². The Kier molecular flexibility index (Phi) is 5.53. The molecule has 2 aromatic heterocycles. The lowest BCUT2D eigenvalue weighted by Gasteiger charge is -2.17. The molecule has 0 saturated heterocycles. The van der Waals surface area contributed by atoms with E-state index in [0.717, 1.165) is 6.42 Å². The van der Waals surface area contributed by atoms with E-state index in [1.54, 1.807) is 41.2 Å². The number of carbonyl (C=O) groups excluding carboxylic acids is 2. The van der Waals surface area contributed by atoms with Crippen LogP contribution in [0.3, 0.4) is 0 Å². The van der Waals surface area contributed by atoms with Crippen LogP contribution in [0.4, 0.5) is 5.82 Å². The molecule has 3 rings (SSSR count). The number of fused-ring (bicyclic) bond motifs is 1. The number of hydrogen-bond donors (Lipinski definition) is 2. The fraction of sp³-hybridized carbons (Fsp3) is 0.316. The first kappa shape index (κ1) is 19.3. The predicted octanol–water partition coefficient (Wildman–Crippen LogP) is 2.27. The highest BCUT2D eigenvalue weighted by Crippen LogP contribution is 2.17. The largest absolute Gasteiger partial charge is 0.448 e. The molecule has 9 nitrogen and oxygen atoms in total. The number of aromatic nitrogens is 4. The van der Waals surface area contributed by atoms with Crippen LogP contribution >= 0.6 is 0 Å². The average molecular weight is 383 g/mol. The number of amides is 1. The molecular formula is C19H21N5O4. The Balaban J connectivity index is 1.75. The molecule has 0 aliphatic carbocycles. The van der Waals surface area contributed by atoms with Gasteiger partial charge in [-0.2, -0.15) is 10.2 Å². The standard InChI is InChI=1S/C19H21N5O4/c1-4-11(2)24-15(9-10-20-24)21-17(25)12(3)28-19(27)16-13-7-5-6-8-14(13)18(26)23-22-16/h5-12H,4H2,1-3H3,(H,21,25)(H,23,26)/t11-,12-/m1/s1. The molecule has 3 aromatic rings. The quantitative estimate of drug-likeness (QED) is 0.630. The van der Waals surface area contributed by atoms with Gasteiger partial charge in [0.2, 0.25) is 0 Å². The molecule has 0 fully saturated rings. The maximum absolute atomic E-state index is 12.5. The third kappa shape index (κ3) is 3.78. The minimum atomic E-state index is -1.07. The number of esters is 1. The second-order valence-electron chi connectivity index (χ2n) is 6.40. The van der Waals surface area contributed by atoms with Gasteiger partial charge in [-0.15, -0.1) is 0 Å². The van der Waals surface area contributed by atoms with Crippen molar-refractivity contribution in [3.05, 3.63) is 52.6 Å². The van der Waals surface area contributed by atoms with Crippen LogP contribution in [0.5, 0.6) is 0 Å². The van der Waals surface area contributed by atoms with Gasteiger partial charge in [0.05, 0.1) is 17.6 Å². The second kappa shape index (κ2) is 8.03. The molecule has 2 atom stereocenters. The minimum absolute atomic E-state index is 0.0560. The Morgan fingerprint density at radius 2 is 1.93 bits per heavy atom. The summed E-state index contributed by atoms with van der Waals surface area (Å²) in [4.78, 5) is 36.8. The van der Waals surface area contributed by atoms with Crippen molar-refractivity contribution in [1.29, 1.82) is 0 Å². The van der Waals surface area contributed by atoms with Crippen LogP contribution < -0.4 is 10.9 Å². The van der Waals surface area contributed by atoms with Crippen LogP contribution in [-0.2, 0) is 9.53 Å². The molecule has 0 saturated carbocycles. The van der Waals surface area contributed by atoms with Crippen molar-refractivity contribution in [3.8, 4) is 0 Å². The number of benzene rings is 1. The normalized spacial score (nSPS) is 13.1. The number of anilines is 1. The van der Waals surface area contributed by atoms with Crippen LogP contribution in [-0.4, -0.2) is 38.0 Å². The van der Waals surface area contributed by atoms with Crippen LogP contribution in [0, 0.1) is 0 Å². The summed E-state index contributed by atoms with van der Waals surface area (Å²) in [6.07, 6.45) is 1.37. The molecule has 0 unspecified atom stereocenters. The van der Waals surface area contributed by atoms with Crippen molar-refractivity contribution in [2.75, 3.05) is 5.32 Å². The number of hydrogen-bond acceptors (Lipinski definition) is 6. The minimum Gasteiger partial charge on any atom is -0.448 e. The van der Waals surface area contributed by atoms with Gasteiger partial charge < -0.3 is 10.1 Å². The smallest absolute Gasteiger partial charge is 0.360 e. The van der Waals surface area contributed by atoms with Crippen molar-refractivity contribution in [3.63, 3.8) is 0 Å². The van der Waals surface area contributed by atoms with Crippen molar-refractivity contribution in [2.24, 2.45) is 0 Å². The van der Waals surface area contributed by atoms with Gasteiger partial charge in [0.1, 0.15) is 5.82 Å². The van der Waals surface area contributed by atoms with Gasteiger partial charge in [0.15, 0.2) is 11.8 Å². The first-order valence-corrected chi connectivity index (χ1v) is 8.95. The fourth-order valence-corrected chi connectivity index (χ4v) is 2.71. The number of rotatable bonds is 6. The van der Waals surface area contributed by atoms with E-state index in [2.05, 4.69) is 20.6 Å². The van der Waals surface area contributed by atoms with E-state index in [1.807, 2.05) is 13.8 Å². The molecule has 1 amide bonds. The number of nitrogens with one attached hydrogen (secondary N) is 2. The Morgan fingerprint density at radius 1 is 1.21 bits per heavy atom. The molecule has 0 radical (unpaired) electrons. The summed E-state index contributed by atoms with van der Waals surface area (Å²) >= 11 is 0. The Hall–Kier alpha value is -3.49. The van der Waals surface area contributed by atoms with Gasteiger partial charge in [-0.1, -0.05) is 25.1 Å². The van der Waals surface area contributed by atoms with E-state index in [-0.39, 0.29) is 11.7 Å². The molecule has 1 aromatic carbocycles. The average Bonchev–Trinajstić information content (AvgIpc) is 3.15. The summed E-state index contributed by atoms with van der Waals surface area (Å²) in [6.45, 7) is 5.47. The predicted molar refractivity (Wildman–Crippen MR) is 103 cm³/mol. The molecule has 146 valence electrons. The molecule has 9 heteroatoms. The highest BCUT2D eigenvalue weighted by molar-refractivity contribution is 6.03. The lowest BCUT2D eigenvalue weighted by atomic mass is 10.1. The third-order valence-electron chi connectivity index (χ3n) is 4.47. The van der Waals surface area contributed by atoms with Gasteiger partial charge in [0, 0.05) is 11.5 Å². The van der Waals surface area contributed by atoms with E-state index < -0.39 is 23.5 Å². The Bertz CT molecular complexity index is 1070. The van der Waals surface area contributed by atoms with Crippen molar-refractivity contribution in [2.45, 2.75) is 39.3 Å². The number of ether oxygens (including phenoxy) is 1. The maximum Gasteiger partial charge on any atom is 0.360 e. The Labute approximate surface area is 160 Å². The van der Waals surface area contributed by atoms with Crippen LogP contribution in [0.1, 0.15) is 43.7 Å². The molecule has 28 heavy (non-hydrogen) atoms. The summed E-state index contributed by atoms with van der Waals surface area (Å²) in [5.74, 6) is -0.771. The van der Waals surface area contributed by atoms with Crippen molar-refractivity contribution in [1.82, 2.24) is 20.0 Å². The van der Waals surface area contributed by atoms with Gasteiger partial charge in [-0.25, -0.2) is 14.6 Å². The highest BCUT2D eigenvalue weighted by Gasteiger charge is 2.23. The zero-order valence-corrected chi connectivity index (χ0v) is 15.8. The molecule has 0 spiro atoms. The maximum atomic E-state index is 12.5. The molecule has 2 N–H and O–H groups in total. The van der Waals surface area contributed by atoms with Crippen LogP contribution in [0.15, 0.2) is 41.3 Å². The zero-order valence-electron chi connectivity index (χ0n) is 15.8. The Morgan fingerprint density at radius 3 is 2.64 bits per heavy atom. The van der Waals surface area contributed by atoms with Crippen molar-refractivity contribution < 1.29 is 14.3 Å². The van der Waals surface area contributed by atoms with Gasteiger partial charge >= 0.3 is 5.97 Å². The summed E-state index contributed by atoms with van der Waals surface area (Å²) in [7, 11) is 0. The van der Waals surface area contributed by atoms with E-state index in [4.69, 9.17) is 4.74 Å². The highest BCUT2D eigenvalue weighted by atomic mass is 16.5. The number of H-pyrrole nitrogens is 1. The first-order valence-electron chi connectivity index (χ1n) is 8.95. The van der Waals surface area contributed by atoms with Gasteiger partial charge in [0.25, 0.3) is 11.5 Å². The zero-order chi connectivity index (χ0) is 20.3. The number of aromatic amines is 1. The summed E-state index contributed by atoms with van der Waals surface area (Å²) in [5.41, 5.74) is -0.462. The summed E-state index contributed by atoms with van der Waals surface area (Å²) < 4.78 is 6.95. The lowest BCUT2D eigenvalue weighted by molar-refractivity contribution is -0.123. The lowest BCUT2D eigenvalue weighted by Crippen LogP contribution is -2.31. The summed E-state index contributed by atoms with van der Waals surface area (Å²) in [5, 5.41) is 13.6.